The third-order valence-corrected chi connectivity index (χ3v) is 4.19. The molecule has 0 atom stereocenters. The summed E-state index contributed by atoms with van der Waals surface area (Å²) in [6, 6.07) is 8.00. The molecular formula is C16H24ClN3O. The van der Waals surface area contributed by atoms with Crippen molar-refractivity contribution in [3.8, 4) is 0 Å². The predicted octanol–water partition coefficient (Wildman–Crippen LogP) is 3.41. The number of urea groups is 1. The average molecular weight is 310 g/mol. The van der Waals surface area contributed by atoms with E-state index in [2.05, 4.69) is 15.5 Å². The molecule has 5 heteroatoms. The second kappa shape index (κ2) is 8.13. The van der Waals surface area contributed by atoms with Crippen molar-refractivity contribution in [3.63, 3.8) is 0 Å². The summed E-state index contributed by atoms with van der Waals surface area (Å²) in [4.78, 5) is 13.9. The van der Waals surface area contributed by atoms with Crippen molar-refractivity contribution in [3.05, 3.63) is 29.3 Å². The monoisotopic (exact) mass is 309 g/mol. The first kappa shape index (κ1) is 16.0. The molecule has 1 aliphatic rings. The van der Waals surface area contributed by atoms with E-state index in [1.165, 1.54) is 19.3 Å². The standard InChI is InChI=1S/C16H24ClN3O/c1-20(15-9-7-13(17)8-10-15)12-11-18-16(21)19-14-5-3-2-4-6-14/h7-10,14H,2-6,11-12H2,1H3,(H2,18,19,21). The number of amides is 2. The van der Waals surface area contributed by atoms with Crippen molar-refractivity contribution < 1.29 is 4.79 Å². The predicted molar refractivity (Wildman–Crippen MR) is 88.1 cm³/mol. The molecule has 21 heavy (non-hydrogen) atoms. The van der Waals surface area contributed by atoms with Crippen molar-refractivity contribution in [2.75, 3.05) is 25.0 Å². The molecule has 2 rings (SSSR count). The Labute approximate surface area is 131 Å². The van der Waals surface area contributed by atoms with Crippen molar-refractivity contribution in [2.24, 2.45) is 0 Å². The number of nitrogens with zero attached hydrogens (tertiary/aromatic N) is 1. The van der Waals surface area contributed by atoms with Gasteiger partial charge in [-0.2, -0.15) is 0 Å². The summed E-state index contributed by atoms with van der Waals surface area (Å²) in [5.74, 6) is 0. The molecule has 0 spiro atoms. The Kier molecular flexibility index (Phi) is 6.18. The number of hydrogen-bond donors (Lipinski definition) is 2. The maximum absolute atomic E-state index is 11.8. The van der Waals surface area contributed by atoms with Crippen LogP contribution in [0.4, 0.5) is 10.5 Å². The highest BCUT2D eigenvalue weighted by atomic mass is 35.5. The van der Waals surface area contributed by atoms with Crippen LogP contribution in [0.15, 0.2) is 24.3 Å². The molecule has 1 aromatic rings. The zero-order valence-electron chi connectivity index (χ0n) is 12.6. The van der Waals surface area contributed by atoms with Crippen LogP contribution < -0.4 is 15.5 Å². The van der Waals surface area contributed by atoms with Crippen LogP contribution >= 0.6 is 11.6 Å². The number of carbonyl (C=O) groups excluding carboxylic acids is 1. The molecular weight excluding hydrogens is 286 g/mol. The van der Waals surface area contributed by atoms with E-state index in [0.717, 1.165) is 30.1 Å². The molecule has 1 fully saturated rings. The SMILES string of the molecule is CN(CCNC(=O)NC1CCCCC1)c1ccc(Cl)cc1. The molecule has 0 saturated heterocycles. The number of nitrogens with one attached hydrogen (secondary N) is 2. The van der Waals surface area contributed by atoms with Crippen molar-refractivity contribution in [2.45, 2.75) is 38.1 Å². The van der Waals surface area contributed by atoms with Gasteiger partial charge in [0.05, 0.1) is 0 Å². The number of rotatable bonds is 5. The molecule has 1 aliphatic carbocycles. The second-order valence-electron chi connectivity index (χ2n) is 5.63. The minimum absolute atomic E-state index is 0.0496. The zero-order valence-corrected chi connectivity index (χ0v) is 13.3. The van der Waals surface area contributed by atoms with E-state index in [1.54, 1.807) is 0 Å². The molecule has 0 aromatic heterocycles. The van der Waals surface area contributed by atoms with Crippen molar-refractivity contribution in [1.82, 2.24) is 10.6 Å². The van der Waals surface area contributed by atoms with Crippen LogP contribution in [0.25, 0.3) is 0 Å². The van der Waals surface area contributed by atoms with E-state index in [-0.39, 0.29) is 6.03 Å². The lowest BCUT2D eigenvalue weighted by molar-refractivity contribution is 0.233. The molecule has 2 N–H and O–H groups in total. The van der Waals surface area contributed by atoms with Crippen LogP contribution in [-0.2, 0) is 0 Å². The zero-order chi connectivity index (χ0) is 15.1. The normalized spacial score (nSPS) is 15.5. The lowest BCUT2D eigenvalue weighted by Crippen LogP contribution is -2.44. The first-order valence-electron chi connectivity index (χ1n) is 7.66. The van der Waals surface area contributed by atoms with Gasteiger partial charge in [0.25, 0.3) is 0 Å². The van der Waals surface area contributed by atoms with Gasteiger partial charge in [-0.15, -0.1) is 0 Å². The van der Waals surface area contributed by atoms with Crippen LogP contribution in [0.2, 0.25) is 5.02 Å². The third kappa shape index (κ3) is 5.46. The van der Waals surface area contributed by atoms with Gasteiger partial charge in [-0.05, 0) is 37.1 Å². The Bertz CT molecular complexity index is 443. The van der Waals surface area contributed by atoms with Crippen LogP contribution in [0.1, 0.15) is 32.1 Å². The lowest BCUT2D eigenvalue weighted by Gasteiger charge is -2.23. The number of halogens is 1. The van der Waals surface area contributed by atoms with E-state index in [1.807, 2.05) is 31.3 Å². The molecule has 0 radical (unpaired) electrons. The first-order chi connectivity index (χ1) is 10.1. The minimum Gasteiger partial charge on any atom is -0.373 e. The highest BCUT2D eigenvalue weighted by Gasteiger charge is 2.15. The van der Waals surface area contributed by atoms with Gasteiger partial charge < -0.3 is 15.5 Å². The maximum atomic E-state index is 11.8. The van der Waals surface area contributed by atoms with Gasteiger partial charge in [0.1, 0.15) is 0 Å². The van der Waals surface area contributed by atoms with Gasteiger partial charge in [0, 0.05) is 36.9 Å². The van der Waals surface area contributed by atoms with Crippen LogP contribution in [0.3, 0.4) is 0 Å². The fourth-order valence-electron chi connectivity index (χ4n) is 2.65. The van der Waals surface area contributed by atoms with Crippen LogP contribution in [0.5, 0.6) is 0 Å². The number of anilines is 1. The summed E-state index contributed by atoms with van der Waals surface area (Å²) in [7, 11) is 2.00. The lowest BCUT2D eigenvalue weighted by atomic mass is 9.96. The molecule has 0 bridgehead atoms. The number of benzene rings is 1. The van der Waals surface area contributed by atoms with E-state index in [4.69, 9.17) is 11.6 Å². The summed E-state index contributed by atoms with van der Waals surface area (Å²) in [5, 5.41) is 6.71. The Hall–Kier alpha value is -1.42. The summed E-state index contributed by atoms with van der Waals surface area (Å²) >= 11 is 5.87. The molecule has 0 unspecified atom stereocenters. The van der Waals surface area contributed by atoms with Gasteiger partial charge in [-0.1, -0.05) is 30.9 Å². The number of likely N-dealkylation sites (N-methyl/N-ethyl adjacent to an activating group) is 1. The van der Waals surface area contributed by atoms with Crippen molar-refractivity contribution in [1.29, 1.82) is 0 Å². The second-order valence-corrected chi connectivity index (χ2v) is 6.07. The summed E-state index contributed by atoms with van der Waals surface area (Å²) < 4.78 is 0. The topological polar surface area (TPSA) is 44.4 Å². The van der Waals surface area contributed by atoms with E-state index in [9.17, 15) is 4.79 Å². The molecule has 0 aliphatic heterocycles. The van der Waals surface area contributed by atoms with E-state index in [0.29, 0.717) is 12.6 Å². The number of carbonyl (C=O) groups is 1. The molecule has 4 nitrogen and oxygen atoms in total. The van der Waals surface area contributed by atoms with Crippen molar-refractivity contribution >= 4 is 23.3 Å². The quantitative estimate of drug-likeness (QED) is 0.875. The average Bonchev–Trinajstić information content (AvgIpc) is 2.49. The first-order valence-corrected chi connectivity index (χ1v) is 8.04. The summed E-state index contributed by atoms with van der Waals surface area (Å²) in [5.41, 5.74) is 1.09. The minimum atomic E-state index is -0.0496. The van der Waals surface area contributed by atoms with Gasteiger partial charge in [0.2, 0.25) is 0 Å². The molecule has 1 saturated carbocycles. The third-order valence-electron chi connectivity index (χ3n) is 3.94. The van der Waals surface area contributed by atoms with Crippen LogP contribution in [0, 0.1) is 0 Å². The fourth-order valence-corrected chi connectivity index (χ4v) is 2.77. The maximum Gasteiger partial charge on any atom is 0.315 e. The van der Waals surface area contributed by atoms with Crippen LogP contribution in [-0.4, -0.2) is 32.2 Å². The Morgan fingerprint density at radius 1 is 1.24 bits per heavy atom. The smallest absolute Gasteiger partial charge is 0.315 e. The van der Waals surface area contributed by atoms with E-state index < -0.39 is 0 Å². The van der Waals surface area contributed by atoms with Gasteiger partial charge in [-0.25, -0.2) is 4.79 Å². The Balaban J connectivity index is 1.66. The summed E-state index contributed by atoms with van der Waals surface area (Å²) in [6.07, 6.45) is 5.97. The number of hydrogen-bond acceptors (Lipinski definition) is 2. The van der Waals surface area contributed by atoms with Gasteiger partial charge in [-0.3, -0.25) is 0 Å². The highest BCUT2D eigenvalue weighted by molar-refractivity contribution is 6.30. The largest absolute Gasteiger partial charge is 0.373 e. The fraction of sp³-hybridized carbons (Fsp3) is 0.562. The Morgan fingerprint density at radius 3 is 2.57 bits per heavy atom. The molecule has 0 heterocycles. The van der Waals surface area contributed by atoms with Gasteiger partial charge >= 0.3 is 6.03 Å². The van der Waals surface area contributed by atoms with Gasteiger partial charge in [0.15, 0.2) is 0 Å². The summed E-state index contributed by atoms with van der Waals surface area (Å²) in [6.45, 7) is 1.39. The highest BCUT2D eigenvalue weighted by Crippen LogP contribution is 2.17. The molecule has 1 aromatic carbocycles. The molecule has 116 valence electrons. The Morgan fingerprint density at radius 2 is 1.90 bits per heavy atom. The molecule has 2 amide bonds. The van der Waals surface area contributed by atoms with E-state index >= 15 is 0 Å².